The van der Waals surface area contributed by atoms with Gasteiger partial charge in [-0.1, -0.05) is 79.9 Å². The van der Waals surface area contributed by atoms with Crippen LogP contribution in [0.5, 0.6) is 11.5 Å². The van der Waals surface area contributed by atoms with Crippen LogP contribution in [0.15, 0.2) is 106 Å². The number of hydrogen-bond donors (Lipinski definition) is 2. The maximum Gasteiger partial charge on any atom is 0.299 e. The van der Waals surface area contributed by atoms with Crippen LogP contribution < -0.4 is 10.3 Å². The number of nitrogens with one attached hydrogen (secondary N) is 1. The van der Waals surface area contributed by atoms with Crippen molar-refractivity contribution in [3.05, 3.63) is 113 Å². The predicted molar refractivity (Wildman–Crippen MR) is 166 cm³/mol. The van der Waals surface area contributed by atoms with Crippen LogP contribution in [0.3, 0.4) is 0 Å². The van der Waals surface area contributed by atoms with Crippen molar-refractivity contribution in [1.29, 1.82) is 0 Å². The molecule has 1 aliphatic rings. The summed E-state index contributed by atoms with van der Waals surface area (Å²) in [6.07, 6.45) is 5.26. The Morgan fingerprint density at radius 2 is 1.55 bits per heavy atom. The number of H-pyrrole nitrogens is 1. The number of phenols is 1. The van der Waals surface area contributed by atoms with Gasteiger partial charge in [-0.15, -0.1) is 10.2 Å². The van der Waals surface area contributed by atoms with Gasteiger partial charge in [-0.3, -0.25) is 9.89 Å². The van der Waals surface area contributed by atoms with E-state index in [-0.39, 0.29) is 17.0 Å². The minimum absolute atomic E-state index is 0.0570. The van der Waals surface area contributed by atoms with Gasteiger partial charge in [-0.05, 0) is 78.3 Å². The Morgan fingerprint density at radius 3 is 2.21 bits per heavy atom. The molecule has 0 unspecified atom stereocenters. The molecular formula is C35H34N4O3. The van der Waals surface area contributed by atoms with E-state index in [0.717, 1.165) is 22.6 Å². The first kappa shape index (κ1) is 27.3. The number of rotatable bonds is 9. The van der Waals surface area contributed by atoms with Gasteiger partial charge < -0.3 is 9.84 Å². The number of para-hydroxylation sites is 1. The molecule has 42 heavy (non-hydrogen) atoms. The maximum atomic E-state index is 13.4. The SMILES string of the molecule is CCOc1ccccc1N=Nc1c(C)[nH]n(-c2cc(O)cc(-c3ccc(-c4ccc(CC5CCC5)cc4)cc3)c2)c1=O. The highest BCUT2D eigenvalue weighted by atomic mass is 16.5. The van der Waals surface area contributed by atoms with Gasteiger partial charge in [0.15, 0.2) is 5.69 Å². The minimum Gasteiger partial charge on any atom is -0.508 e. The van der Waals surface area contributed by atoms with Crippen LogP contribution in [0, 0.1) is 12.8 Å². The summed E-state index contributed by atoms with van der Waals surface area (Å²) in [5.74, 6) is 1.51. The van der Waals surface area contributed by atoms with E-state index < -0.39 is 0 Å². The molecule has 1 aliphatic carbocycles. The van der Waals surface area contributed by atoms with Crippen molar-refractivity contribution in [3.63, 3.8) is 0 Å². The van der Waals surface area contributed by atoms with Crippen molar-refractivity contribution in [3.8, 4) is 39.4 Å². The Hall–Kier alpha value is -4.91. The average molecular weight is 559 g/mol. The number of aromatic amines is 1. The number of benzene rings is 4. The van der Waals surface area contributed by atoms with Gasteiger partial charge in [0.1, 0.15) is 17.2 Å². The second-order valence-electron chi connectivity index (χ2n) is 10.8. The topological polar surface area (TPSA) is 92.0 Å². The Labute approximate surface area is 245 Å². The second-order valence-corrected chi connectivity index (χ2v) is 10.8. The largest absolute Gasteiger partial charge is 0.508 e. The molecule has 212 valence electrons. The second kappa shape index (κ2) is 11.9. The van der Waals surface area contributed by atoms with Crippen LogP contribution in [0.25, 0.3) is 27.9 Å². The highest BCUT2D eigenvalue weighted by Crippen LogP contribution is 2.33. The summed E-state index contributed by atoms with van der Waals surface area (Å²) in [5.41, 5.74) is 6.86. The Morgan fingerprint density at radius 1 is 0.881 bits per heavy atom. The smallest absolute Gasteiger partial charge is 0.299 e. The molecule has 0 saturated heterocycles. The zero-order valence-electron chi connectivity index (χ0n) is 23.9. The molecule has 1 heterocycles. The van der Waals surface area contributed by atoms with Crippen molar-refractivity contribution in [1.82, 2.24) is 9.78 Å². The summed E-state index contributed by atoms with van der Waals surface area (Å²) >= 11 is 0. The van der Waals surface area contributed by atoms with Crippen LogP contribution in [0.1, 0.15) is 37.4 Å². The van der Waals surface area contributed by atoms with Gasteiger partial charge in [-0.25, -0.2) is 4.68 Å². The van der Waals surface area contributed by atoms with E-state index >= 15 is 0 Å². The first-order valence-corrected chi connectivity index (χ1v) is 14.5. The van der Waals surface area contributed by atoms with E-state index in [2.05, 4.69) is 51.7 Å². The quantitative estimate of drug-likeness (QED) is 0.177. The van der Waals surface area contributed by atoms with E-state index in [1.807, 2.05) is 43.3 Å². The third-order valence-corrected chi connectivity index (χ3v) is 7.88. The Kier molecular flexibility index (Phi) is 7.73. The molecule has 5 aromatic rings. The molecule has 4 aromatic carbocycles. The maximum absolute atomic E-state index is 13.4. The lowest BCUT2D eigenvalue weighted by atomic mass is 9.81. The number of phenolic OH excluding ortho intramolecular Hbond substituents is 1. The van der Waals surface area contributed by atoms with Gasteiger partial charge in [0, 0.05) is 6.07 Å². The lowest BCUT2D eigenvalue weighted by Crippen LogP contribution is -2.14. The summed E-state index contributed by atoms with van der Waals surface area (Å²) in [6, 6.07) is 29.5. The molecule has 1 fully saturated rings. The third-order valence-electron chi connectivity index (χ3n) is 7.88. The Bertz CT molecular complexity index is 1780. The summed E-state index contributed by atoms with van der Waals surface area (Å²) in [6.45, 7) is 4.16. The predicted octanol–water partition coefficient (Wildman–Crippen LogP) is 8.67. The van der Waals surface area contributed by atoms with Crippen molar-refractivity contribution < 1.29 is 9.84 Å². The molecule has 0 aliphatic heterocycles. The average Bonchev–Trinajstić information content (AvgIpc) is 3.27. The fraction of sp³-hybridized carbons (Fsp3) is 0.229. The molecule has 1 aromatic heterocycles. The molecule has 1 saturated carbocycles. The number of ether oxygens (including phenoxy) is 1. The molecule has 2 N–H and O–H groups in total. The fourth-order valence-corrected chi connectivity index (χ4v) is 5.37. The lowest BCUT2D eigenvalue weighted by molar-refractivity contribution is 0.314. The van der Waals surface area contributed by atoms with Crippen molar-refractivity contribution in [2.24, 2.45) is 16.1 Å². The molecule has 7 heteroatoms. The summed E-state index contributed by atoms with van der Waals surface area (Å²) in [5, 5.41) is 22.2. The number of aryl methyl sites for hydroxylation is 1. The first-order chi connectivity index (χ1) is 20.5. The van der Waals surface area contributed by atoms with E-state index in [4.69, 9.17) is 4.74 Å². The van der Waals surface area contributed by atoms with Gasteiger partial charge in [0.2, 0.25) is 0 Å². The van der Waals surface area contributed by atoms with Gasteiger partial charge >= 0.3 is 0 Å². The van der Waals surface area contributed by atoms with E-state index in [1.54, 1.807) is 25.1 Å². The molecule has 6 rings (SSSR count). The van der Waals surface area contributed by atoms with E-state index in [0.29, 0.717) is 29.4 Å². The summed E-state index contributed by atoms with van der Waals surface area (Å²) < 4.78 is 6.99. The van der Waals surface area contributed by atoms with Crippen LogP contribution in [0.4, 0.5) is 11.4 Å². The van der Waals surface area contributed by atoms with E-state index in [1.165, 1.54) is 41.5 Å². The summed E-state index contributed by atoms with van der Waals surface area (Å²) in [7, 11) is 0. The zero-order valence-corrected chi connectivity index (χ0v) is 23.9. The molecule has 0 bridgehead atoms. The van der Waals surface area contributed by atoms with Gasteiger partial charge in [-0.2, -0.15) is 0 Å². The van der Waals surface area contributed by atoms with Gasteiger partial charge in [0.25, 0.3) is 5.56 Å². The highest BCUT2D eigenvalue weighted by Gasteiger charge is 2.18. The standard InChI is InChI=1S/C35H34N4O3/c1-3-42-33-10-5-4-9-32(33)36-37-34-23(2)38-39(35(34)41)30-20-29(21-31(40)22-30)28-17-15-27(16-18-28)26-13-11-25(12-14-26)19-24-7-6-8-24/h4-5,9-18,20-22,24,38,40H,3,6-8,19H2,1-2H3. The fourth-order valence-electron chi connectivity index (χ4n) is 5.37. The monoisotopic (exact) mass is 558 g/mol. The number of aromatic hydroxyl groups is 1. The molecule has 0 amide bonds. The Balaban J connectivity index is 1.24. The van der Waals surface area contributed by atoms with Crippen molar-refractivity contribution in [2.45, 2.75) is 39.5 Å². The minimum atomic E-state index is -0.363. The van der Waals surface area contributed by atoms with Crippen molar-refractivity contribution in [2.75, 3.05) is 6.61 Å². The molecule has 0 radical (unpaired) electrons. The zero-order chi connectivity index (χ0) is 29.1. The normalized spacial score (nSPS) is 13.4. The molecule has 7 nitrogen and oxygen atoms in total. The summed E-state index contributed by atoms with van der Waals surface area (Å²) in [4.78, 5) is 13.4. The molecule has 0 spiro atoms. The number of aromatic nitrogens is 2. The molecule has 0 atom stereocenters. The van der Waals surface area contributed by atoms with E-state index in [9.17, 15) is 9.90 Å². The van der Waals surface area contributed by atoms with Crippen LogP contribution >= 0.6 is 0 Å². The van der Waals surface area contributed by atoms with Crippen LogP contribution in [0.2, 0.25) is 0 Å². The first-order valence-electron chi connectivity index (χ1n) is 14.5. The van der Waals surface area contributed by atoms with Crippen LogP contribution in [-0.2, 0) is 6.42 Å². The lowest BCUT2D eigenvalue weighted by Gasteiger charge is -2.25. The third kappa shape index (κ3) is 5.77. The van der Waals surface area contributed by atoms with Crippen molar-refractivity contribution >= 4 is 11.4 Å². The number of azo groups is 1. The highest BCUT2D eigenvalue weighted by molar-refractivity contribution is 5.72. The van der Waals surface area contributed by atoms with Gasteiger partial charge in [0.05, 0.1) is 18.0 Å². The number of nitrogens with zero attached hydrogens (tertiary/aromatic N) is 3. The van der Waals surface area contributed by atoms with Crippen LogP contribution in [-0.4, -0.2) is 21.5 Å². The number of hydrogen-bond acceptors (Lipinski definition) is 5. The molecular weight excluding hydrogens is 524 g/mol.